The third kappa shape index (κ3) is 3.70. The Morgan fingerprint density at radius 2 is 1.71 bits per heavy atom. The molecular formula is C14H9F5N2O2S. The zero-order valence-electron chi connectivity index (χ0n) is 12.0. The second-order valence-electron chi connectivity index (χ2n) is 4.42. The van der Waals surface area contributed by atoms with Crippen LogP contribution in [0.2, 0.25) is 0 Å². The number of benzene rings is 1. The maximum atomic E-state index is 13.4. The van der Waals surface area contributed by atoms with Gasteiger partial charge in [-0.3, -0.25) is 4.79 Å². The van der Waals surface area contributed by atoms with Crippen molar-refractivity contribution in [1.29, 1.82) is 0 Å². The number of anilines is 1. The molecule has 0 saturated carbocycles. The molecule has 4 nitrogen and oxygen atoms in total. The van der Waals surface area contributed by atoms with E-state index in [-0.39, 0.29) is 0 Å². The minimum atomic E-state index is -2.31. The molecule has 0 unspecified atom stereocenters. The first-order valence-corrected chi connectivity index (χ1v) is 7.22. The van der Waals surface area contributed by atoms with Crippen molar-refractivity contribution >= 4 is 28.6 Å². The number of amides is 1. The van der Waals surface area contributed by atoms with Gasteiger partial charge in [0.15, 0.2) is 29.9 Å². The molecule has 2 aromatic rings. The van der Waals surface area contributed by atoms with Crippen LogP contribution in [0.4, 0.5) is 27.6 Å². The van der Waals surface area contributed by atoms with Crippen LogP contribution in [0, 0.1) is 29.1 Å². The van der Waals surface area contributed by atoms with Crippen molar-refractivity contribution in [3.8, 4) is 0 Å². The van der Waals surface area contributed by atoms with Crippen LogP contribution < -0.4 is 5.32 Å². The van der Waals surface area contributed by atoms with Gasteiger partial charge < -0.3 is 10.2 Å². The Balaban J connectivity index is 2.05. The fraction of sp³-hybridized carbons (Fsp3) is 0.143. The molecule has 0 spiro atoms. The standard InChI is InChI=1S/C14H9F5N2O2S/c1-6(7-3-2-4-24-7)21-23-5-8(22)20-14-12(18)10(16)9(15)11(17)13(14)19/h2-4H,5H2,1H3,(H,20,22). The summed E-state index contributed by atoms with van der Waals surface area (Å²) in [6, 6.07) is 3.52. The smallest absolute Gasteiger partial charge is 0.265 e. The van der Waals surface area contributed by atoms with Crippen molar-refractivity contribution in [3.05, 3.63) is 51.5 Å². The lowest BCUT2D eigenvalue weighted by Crippen LogP contribution is -2.20. The van der Waals surface area contributed by atoms with Crippen LogP contribution in [0.5, 0.6) is 0 Å². The SMILES string of the molecule is CC(=NOCC(=O)Nc1c(F)c(F)c(F)c(F)c1F)c1cccs1. The Hall–Kier alpha value is -2.49. The molecule has 24 heavy (non-hydrogen) atoms. The van der Waals surface area contributed by atoms with Crippen LogP contribution in [0.25, 0.3) is 0 Å². The average Bonchev–Trinajstić information content (AvgIpc) is 3.09. The third-order valence-electron chi connectivity index (χ3n) is 2.75. The molecule has 2 rings (SSSR count). The predicted molar refractivity (Wildman–Crippen MR) is 77.3 cm³/mol. The molecule has 0 aliphatic heterocycles. The van der Waals surface area contributed by atoms with E-state index in [1.165, 1.54) is 11.3 Å². The first-order valence-electron chi connectivity index (χ1n) is 6.34. The van der Waals surface area contributed by atoms with Crippen LogP contribution in [-0.2, 0) is 9.63 Å². The van der Waals surface area contributed by atoms with Crippen molar-refractivity contribution in [1.82, 2.24) is 0 Å². The lowest BCUT2D eigenvalue weighted by molar-refractivity contribution is -0.120. The van der Waals surface area contributed by atoms with Crippen molar-refractivity contribution in [2.75, 3.05) is 11.9 Å². The summed E-state index contributed by atoms with van der Waals surface area (Å²) in [4.78, 5) is 17.0. The summed E-state index contributed by atoms with van der Waals surface area (Å²) < 4.78 is 65.7. The quantitative estimate of drug-likeness (QED) is 0.288. The number of carbonyl (C=O) groups excluding carboxylic acids is 1. The fourth-order valence-corrected chi connectivity index (χ4v) is 2.28. The van der Waals surface area contributed by atoms with Crippen molar-refractivity contribution in [3.63, 3.8) is 0 Å². The topological polar surface area (TPSA) is 50.7 Å². The number of nitrogens with zero attached hydrogens (tertiary/aromatic N) is 1. The first kappa shape index (κ1) is 17.9. The van der Waals surface area contributed by atoms with Crippen molar-refractivity contribution in [2.24, 2.45) is 5.16 Å². The maximum absolute atomic E-state index is 13.4. The van der Waals surface area contributed by atoms with Crippen molar-refractivity contribution in [2.45, 2.75) is 6.92 Å². The summed E-state index contributed by atoms with van der Waals surface area (Å²) >= 11 is 1.37. The number of thiophene rings is 1. The van der Waals surface area contributed by atoms with Gasteiger partial charge in [-0.2, -0.15) is 0 Å². The third-order valence-corrected chi connectivity index (χ3v) is 3.73. The number of hydrogen-bond acceptors (Lipinski definition) is 4. The summed E-state index contributed by atoms with van der Waals surface area (Å²) in [5.41, 5.74) is -0.993. The minimum Gasteiger partial charge on any atom is -0.385 e. The average molecular weight is 364 g/mol. The van der Waals surface area contributed by atoms with Crippen LogP contribution in [-0.4, -0.2) is 18.2 Å². The van der Waals surface area contributed by atoms with Gasteiger partial charge in [0.25, 0.3) is 5.91 Å². The number of nitrogens with one attached hydrogen (secondary N) is 1. The molecule has 1 aromatic heterocycles. The van der Waals surface area contributed by atoms with Crippen LogP contribution >= 0.6 is 11.3 Å². The van der Waals surface area contributed by atoms with Gasteiger partial charge in [-0.15, -0.1) is 11.3 Å². The Bertz CT molecular complexity index is 764. The van der Waals surface area contributed by atoms with Gasteiger partial charge in [0.05, 0.1) is 10.6 Å². The molecule has 0 aliphatic rings. The summed E-state index contributed by atoms with van der Waals surface area (Å²) in [5, 5.41) is 6.98. The van der Waals surface area contributed by atoms with Crippen molar-refractivity contribution < 1.29 is 31.6 Å². The predicted octanol–water partition coefficient (Wildman–Crippen LogP) is 3.82. The van der Waals surface area contributed by atoms with Gasteiger partial charge in [0, 0.05) is 0 Å². The fourth-order valence-electron chi connectivity index (χ4n) is 1.61. The normalized spacial score (nSPS) is 11.5. The van der Waals surface area contributed by atoms with E-state index in [1.54, 1.807) is 29.8 Å². The van der Waals surface area contributed by atoms with E-state index in [1.807, 2.05) is 0 Å². The number of rotatable bonds is 5. The molecule has 0 radical (unpaired) electrons. The summed E-state index contributed by atoms with van der Waals surface area (Å²) in [7, 11) is 0. The zero-order valence-corrected chi connectivity index (χ0v) is 12.8. The monoisotopic (exact) mass is 364 g/mol. The minimum absolute atomic E-state index is 0.453. The Labute approximate surface area is 136 Å². The molecule has 1 N–H and O–H groups in total. The molecule has 1 amide bonds. The Morgan fingerprint density at radius 1 is 1.12 bits per heavy atom. The molecule has 0 bridgehead atoms. The lowest BCUT2D eigenvalue weighted by atomic mass is 10.2. The van der Waals surface area contributed by atoms with Crippen LogP contribution in [0.15, 0.2) is 22.7 Å². The Kier molecular flexibility index (Phi) is 5.50. The number of oxime groups is 1. The van der Waals surface area contributed by atoms with E-state index in [0.717, 1.165) is 4.88 Å². The Morgan fingerprint density at radius 3 is 2.25 bits per heavy atom. The van der Waals surface area contributed by atoms with Gasteiger partial charge in [-0.25, -0.2) is 22.0 Å². The summed E-state index contributed by atoms with van der Waals surface area (Å²) in [6.07, 6.45) is 0. The van der Waals surface area contributed by atoms with Crippen LogP contribution in [0.1, 0.15) is 11.8 Å². The molecule has 0 atom stereocenters. The van der Waals surface area contributed by atoms with Gasteiger partial charge in [-0.05, 0) is 18.4 Å². The van der Waals surface area contributed by atoms with Crippen LogP contribution in [0.3, 0.4) is 0 Å². The second kappa shape index (κ2) is 7.39. The van der Waals surface area contributed by atoms with Gasteiger partial charge in [0.1, 0.15) is 5.69 Å². The second-order valence-corrected chi connectivity index (χ2v) is 5.37. The highest BCUT2D eigenvalue weighted by Gasteiger charge is 2.26. The van der Waals surface area contributed by atoms with Gasteiger partial charge in [0.2, 0.25) is 5.82 Å². The first-order chi connectivity index (χ1) is 11.3. The van der Waals surface area contributed by atoms with E-state index in [9.17, 15) is 26.7 Å². The van der Waals surface area contributed by atoms with E-state index in [4.69, 9.17) is 4.84 Å². The van der Waals surface area contributed by atoms with Gasteiger partial charge in [-0.1, -0.05) is 11.2 Å². The number of halogens is 5. The van der Waals surface area contributed by atoms with E-state index < -0.39 is 47.3 Å². The summed E-state index contributed by atoms with van der Waals surface area (Å²) in [5.74, 6) is -12.0. The van der Waals surface area contributed by atoms with E-state index >= 15 is 0 Å². The highest BCUT2D eigenvalue weighted by atomic mass is 32.1. The van der Waals surface area contributed by atoms with Gasteiger partial charge >= 0.3 is 0 Å². The molecule has 1 aromatic carbocycles. The highest BCUT2D eigenvalue weighted by Crippen LogP contribution is 2.27. The number of hydrogen-bond donors (Lipinski definition) is 1. The summed E-state index contributed by atoms with van der Waals surface area (Å²) in [6.45, 7) is 0.829. The molecule has 0 fully saturated rings. The largest absolute Gasteiger partial charge is 0.385 e. The van der Waals surface area contributed by atoms with E-state index in [0.29, 0.717) is 5.71 Å². The molecule has 1 heterocycles. The highest BCUT2D eigenvalue weighted by molar-refractivity contribution is 7.12. The molecular weight excluding hydrogens is 355 g/mol. The van der Waals surface area contributed by atoms with E-state index in [2.05, 4.69) is 5.16 Å². The molecule has 10 heteroatoms. The lowest BCUT2D eigenvalue weighted by Gasteiger charge is -2.09. The molecule has 0 saturated heterocycles. The zero-order chi connectivity index (χ0) is 17.9. The molecule has 128 valence electrons. The molecule has 0 aliphatic carbocycles. The number of carbonyl (C=O) groups is 1. The maximum Gasteiger partial charge on any atom is 0.265 e.